The fraction of sp³-hybridized carbons (Fsp3) is 0.588. The van der Waals surface area contributed by atoms with Gasteiger partial charge in [-0.15, -0.1) is 0 Å². The lowest BCUT2D eigenvalue weighted by Crippen LogP contribution is -2.42. The molecule has 5 heteroatoms. The molecule has 1 aromatic carbocycles. The highest BCUT2D eigenvalue weighted by molar-refractivity contribution is 5.74. The lowest BCUT2D eigenvalue weighted by atomic mass is 9.99. The summed E-state index contributed by atoms with van der Waals surface area (Å²) in [5.74, 6) is 1.95. The summed E-state index contributed by atoms with van der Waals surface area (Å²) >= 11 is 0. The zero-order chi connectivity index (χ0) is 14.9. The number of nitrogens with zero attached hydrogens (tertiary/aromatic N) is 1. The maximum atomic E-state index is 12.3. The van der Waals surface area contributed by atoms with Crippen molar-refractivity contribution < 1.29 is 14.3 Å². The van der Waals surface area contributed by atoms with Crippen molar-refractivity contribution in [3.63, 3.8) is 0 Å². The Morgan fingerprint density at radius 1 is 1.14 bits per heavy atom. The Morgan fingerprint density at radius 2 is 1.95 bits per heavy atom. The fourth-order valence-electron chi connectivity index (χ4n) is 3.64. The number of carbonyl (C=O) groups is 1. The van der Waals surface area contributed by atoms with Crippen LogP contribution in [0.15, 0.2) is 6.07 Å². The van der Waals surface area contributed by atoms with E-state index >= 15 is 0 Å². The van der Waals surface area contributed by atoms with Crippen LogP contribution in [0.2, 0.25) is 0 Å². The Balaban J connectivity index is 1.52. The molecule has 0 saturated carbocycles. The van der Waals surface area contributed by atoms with Crippen LogP contribution in [-0.2, 0) is 19.4 Å². The monoisotopic (exact) mass is 302 g/mol. The third-order valence-corrected chi connectivity index (χ3v) is 4.82. The van der Waals surface area contributed by atoms with Crippen LogP contribution in [0.3, 0.4) is 0 Å². The number of hydrogen-bond acceptors (Lipinski definition) is 3. The summed E-state index contributed by atoms with van der Waals surface area (Å²) in [6.45, 7) is 3.73. The maximum absolute atomic E-state index is 12.3. The standard InChI is InChI=1S/C17H22N2O3/c20-17(19-6-2-1-3-7-19)18-11-14-13-5-9-21-15(13)10-12-4-8-22-16(12)14/h10H,1-9,11H2,(H,18,20). The van der Waals surface area contributed by atoms with E-state index in [-0.39, 0.29) is 6.03 Å². The average molecular weight is 302 g/mol. The zero-order valence-electron chi connectivity index (χ0n) is 12.8. The van der Waals surface area contributed by atoms with Crippen molar-refractivity contribution in [3.8, 4) is 11.5 Å². The lowest BCUT2D eigenvalue weighted by Gasteiger charge is -2.27. The van der Waals surface area contributed by atoms with E-state index in [1.807, 2.05) is 4.90 Å². The molecule has 0 bridgehead atoms. The van der Waals surface area contributed by atoms with Crippen molar-refractivity contribution in [2.75, 3.05) is 26.3 Å². The average Bonchev–Trinajstić information content (AvgIpc) is 3.20. The van der Waals surface area contributed by atoms with Crippen molar-refractivity contribution in [1.29, 1.82) is 0 Å². The van der Waals surface area contributed by atoms with Crippen molar-refractivity contribution in [3.05, 3.63) is 22.8 Å². The first-order valence-corrected chi connectivity index (χ1v) is 8.29. The van der Waals surface area contributed by atoms with Gasteiger partial charge in [-0.2, -0.15) is 0 Å². The molecule has 1 aromatic rings. The van der Waals surface area contributed by atoms with E-state index in [1.165, 1.54) is 17.5 Å². The highest BCUT2D eigenvalue weighted by Crippen LogP contribution is 2.40. The van der Waals surface area contributed by atoms with Crippen LogP contribution in [0.25, 0.3) is 0 Å². The molecule has 0 aromatic heterocycles. The summed E-state index contributed by atoms with van der Waals surface area (Å²) in [6.07, 6.45) is 5.29. The van der Waals surface area contributed by atoms with Crippen molar-refractivity contribution in [1.82, 2.24) is 10.2 Å². The molecule has 0 spiro atoms. The van der Waals surface area contributed by atoms with E-state index in [2.05, 4.69) is 11.4 Å². The third kappa shape index (κ3) is 2.38. The second kappa shape index (κ2) is 5.71. The lowest BCUT2D eigenvalue weighted by molar-refractivity contribution is 0.186. The number of ether oxygens (including phenoxy) is 2. The molecule has 3 heterocycles. The molecule has 0 atom stereocenters. The van der Waals surface area contributed by atoms with E-state index in [4.69, 9.17) is 9.47 Å². The Morgan fingerprint density at radius 3 is 2.82 bits per heavy atom. The molecular formula is C17H22N2O3. The smallest absolute Gasteiger partial charge is 0.317 e. The van der Waals surface area contributed by atoms with Crippen LogP contribution in [0.1, 0.15) is 36.0 Å². The molecule has 2 amide bonds. The van der Waals surface area contributed by atoms with Gasteiger partial charge in [-0.3, -0.25) is 0 Å². The minimum atomic E-state index is 0.0444. The van der Waals surface area contributed by atoms with Crippen molar-refractivity contribution >= 4 is 6.03 Å². The third-order valence-electron chi connectivity index (χ3n) is 4.82. The Hall–Kier alpha value is -1.91. The minimum absolute atomic E-state index is 0.0444. The number of rotatable bonds is 2. The Bertz CT molecular complexity index is 562. The quantitative estimate of drug-likeness (QED) is 0.911. The topological polar surface area (TPSA) is 50.8 Å². The normalized spacial score (nSPS) is 19.2. The number of amides is 2. The molecule has 118 valence electrons. The molecule has 4 rings (SSSR count). The van der Waals surface area contributed by atoms with Crippen LogP contribution < -0.4 is 14.8 Å². The van der Waals surface area contributed by atoms with Gasteiger partial charge in [-0.05, 0) is 25.3 Å². The maximum Gasteiger partial charge on any atom is 0.317 e. The first-order chi connectivity index (χ1) is 10.8. The van der Waals surface area contributed by atoms with E-state index in [1.54, 1.807) is 0 Å². The molecule has 5 nitrogen and oxygen atoms in total. The molecular weight excluding hydrogens is 280 g/mol. The van der Waals surface area contributed by atoms with Gasteiger partial charge in [-0.1, -0.05) is 0 Å². The first-order valence-electron chi connectivity index (χ1n) is 8.29. The number of carbonyl (C=O) groups excluding carboxylic acids is 1. The Labute approximate surface area is 130 Å². The van der Waals surface area contributed by atoms with Crippen molar-refractivity contribution in [2.24, 2.45) is 0 Å². The highest BCUT2D eigenvalue weighted by atomic mass is 16.5. The molecule has 1 fully saturated rings. The van der Waals surface area contributed by atoms with Crippen LogP contribution >= 0.6 is 0 Å². The predicted octanol–water partition coefficient (Wildman–Crippen LogP) is 2.25. The fourth-order valence-corrected chi connectivity index (χ4v) is 3.64. The van der Waals surface area contributed by atoms with Gasteiger partial charge in [0.15, 0.2) is 0 Å². The summed E-state index contributed by atoms with van der Waals surface area (Å²) in [4.78, 5) is 14.2. The number of urea groups is 1. The molecule has 0 unspecified atom stereocenters. The SMILES string of the molecule is O=C(NCc1c2c(cc3c1OCC3)OCC2)N1CCCCC1. The summed E-state index contributed by atoms with van der Waals surface area (Å²) in [6, 6.07) is 2.16. The molecule has 1 saturated heterocycles. The zero-order valence-corrected chi connectivity index (χ0v) is 12.8. The van der Waals surface area contributed by atoms with Gasteiger partial charge in [0.1, 0.15) is 11.5 Å². The summed E-state index contributed by atoms with van der Waals surface area (Å²) < 4.78 is 11.5. The van der Waals surface area contributed by atoms with E-state index in [0.717, 1.165) is 69.0 Å². The number of hydrogen-bond donors (Lipinski definition) is 1. The molecule has 3 aliphatic rings. The summed E-state index contributed by atoms with van der Waals surface area (Å²) in [5.41, 5.74) is 3.54. The van der Waals surface area contributed by atoms with E-state index in [0.29, 0.717) is 6.54 Å². The Kier molecular flexibility index (Phi) is 3.56. The van der Waals surface area contributed by atoms with Gasteiger partial charge in [0.2, 0.25) is 0 Å². The van der Waals surface area contributed by atoms with Crippen LogP contribution in [0.4, 0.5) is 4.79 Å². The number of benzene rings is 1. The molecule has 1 N–H and O–H groups in total. The van der Waals surface area contributed by atoms with Gasteiger partial charge in [-0.25, -0.2) is 4.79 Å². The van der Waals surface area contributed by atoms with Gasteiger partial charge in [0.25, 0.3) is 0 Å². The first kappa shape index (κ1) is 13.7. The number of nitrogens with one attached hydrogen (secondary N) is 1. The molecule has 3 aliphatic heterocycles. The van der Waals surface area contributed by atoms with Gasteiger partial charge < -0.3 is 19.7 Å². The van der Waals surface area contributed by atoms with Crippen LogP contribution in [0, 0.1) is 0 Å². The second-order valence-electron chi connectivity index (χ2n) is 6.22. The van der Waals surface area contributed by atoms with Crippen LogP contribution in [-0.4, -0.2) is 37.2 Å². The number of fused-ring (bicyclic) bond motifs is 2. The van der Waals surface area contributed by atoms with Gasteiger partial charge >= 0.3 is 6.03 Å². The molecule has 0 aliphatic carbocycles. The molecule has 22 heavy (non-hydrogen) atoms. The number of piperidine rings is 1. The summed E-state index contributed by atoms with van der Waals surface area (Å²) in [5, 5.41) is 3.08. The largest absolute Gasteiger partial charge is 0.493 e. The minimum Gasteiger partial charge on any atom is -0.493 e. The van der Waals surface area contributed by atoms with E-state index < -0.39 is 0 Å². The molecule has 0 radical (unpaired) electrons. The van der Waals surface area contributed by atoms with Gasteiger partial charge in [0, 0.05) is 49.2 Å². The van der Waals surface area contributed by atoms with Gasteiger partial charge in [0.05, 0.1) is 13.2 Å². The number of likely N-dealkylation sites (tertiary alicyclic amines) is 1. The van der Waals surface area contributed by atoms with Crippen molar-refractivity contribution in [2.45, 2.75) is 38.6 Å². The van der Waals surface area contributed by atoms with Crippen LogP contribution in [0.5, 0.6) is 11.5 Å². The second-order valence-corrected chi connectivity index (χ2v) is 6.22. The predicted molar refractivity (Wildman–Crippen MR) is 82.5 cm³/mol. The van der Waals surface area contributed by atoms with E-state index in [9.17, 15) is 4.79 Å². The highest BCUT2D eigenvalue weighted by Gasteiger charge is 2.27. The summed E-state index contributed by atoms with van der Waals surface area (Å²) in [7, 11) is 0.